The molecule has 0 fully saturated rings. The molecule has 0 heterocycles. The van der Waals surface area contributed by atoms with E-state index in [9.17, 15) is 9.59 Å². The van der Waals surface area contributed by atoms with Crippen molar-refractivity contribution < 1.29 is 14.3 Å². The Hall–Kier alpha value is -2.19. The largest absolute Gasteiger partial charge is 0.385 e. The van der Waals surface area contributed by atoms with E-state index >= 15 is 0 Å². The van der Waals surface area contributed by atoms with E-state index in [2.05, 4.69) is 16.0 Å². The number of anilines is 1. The minimum absolute atomic E-state index is 0.0775. The number of carbonyl (C=O) groups is 2. The van der Waals surface area contributed by atoms with Gasteiger partial charge in [0.15, 0.2) is 5.11 Å². The molecule has 0 aliphatic carbocycles. The molecule has 0 saturated heterocycles. The topological polar surface area (TPSA) is 79.5 Å². The highest BCUT2D eigenvalue weighted by atomic mass is 35.5. The predicted molar refractivity (Wildman–Crippen MR) is 115 cm³/mol. The minimum Gasteiger partial charge on any atom is -0.385 e. The third-order valence-electron chi connectivity index (χ3n) is 3.60. The number of rotatable bonds is 7. The van der Waals surface area contributed by atoms with E-state index in [-0.39, 0.29) is 21.6 Å². The summed E-state index contributed by atoms with van der Waals surface area (Å²) < 4.78 is 4.94. The highest BCUT2D eigenvalue weighted by molar-refractivity contribution is 7.80. The van der Waals surface area contributed by atoms with Crippen LogP contribution in [0.4, 0.5) is 5.69 Å². The summed E-state index contributed by atoms with van der Waals surface area (Å²) in [5.74, 6) is -0.672. The lowest BCUT2D eigenvalue weighted by atomic mass is 10.2. The van der Waals surface area contributed by atoms with Crippen LogP contribution in [-0.2, 0) is 4.74 Å². The molecule has 0 aliphatic rings. The van der Waals surface area contributed by atoms with Gasteiger partial charge in [-0.3, -0.25) is 14.9 Å². The molecule has 0 atom stereocenters. The van der Waals surface area contributed by atoms with Crippen LogP contribution >= 0.6 is 35.4 Å². The molecule has 0 radical (unpaired) electrons. The summed E-state index contributed by atoms with van der Waals surface area (Å²) in [7, 11) is 1.61. The van der Waals surface area contributed by atoms with Gasteiger partial charge < -0.3 is 15.4 Å². The molecule has 28 heavy (non-hydrogen) atoms. The number of hydrogen-bond acceptors (Lipinski definition) is 4. The van der Waals surface area contributed by atoms with Crippen molar-refractivity contribution in [3.8, 4) is 0 Å². The molecule has 0 spiro atoms. The zero-order chi connectivity index (χ0) is 20.5. The molecule has 0 unspecified atom stereocenters. The molecule has 0 aliphatic heterocycles. The molecule has 9 heteroatoms. The van der Waals surface area contributed by atoms with Crippen molar-refractivity contribution in [2.45, 2.75) is 6.42 Å². The lowest BCUT2D eigenvalue weighted by Crippen LogP contribution is -2.34. The average Bonchev–Trinajstić information content (AvgIpc) is 2.65. The second-order valence-electron chi connectivity index (χ2n) is 5.72. The fourth-order valence-electron chi connectivity index (χ4n) is 2.27. The molecule has 2 aromatic carbocycles. The number of amides is 2. The molecule has 2 aromatic rings. The van der Waals surface area contributed by atoms with Crippen molar-refractivity contribution in [2.24, 2.45) is 0 Å². The second-order valence-corrected chi connectivity index (χ2v) is 6.97. The van der Waals surface area contributed by atoms with Crippen molar-refractivity contribution in [1.29, 1.82) is 0 Å². The van der Waals surface area contributed by atoms with Gasteiger partial charge in [-0.1, -0.05) is 29.3 Å². The summed E-state index contributed by atoms with van der Waals surface area (Å²) in [6, 6.07) is 11.3. The molecule has 0 bridgehead atoms. The van der Waals surface area contributed by atoms with Gasteiger partial charge in [0.25, 0.3) is 11.8 Å². The third kappa shape index (κ3) is 6.76. The monoisotopic (exact) mass is 439 g/mol. The van der Waals surface area contributed by atoms with Gasteiger partial charge in [0.2, 0.25) is 0 Å². The summed E-state index contributed by atoms with van der Waals surface area (Å²) in [5, 5.41) is 8.95. The van der Waals surface area contributed by atoms with Gasteiger partial charge in [-0.25, -0.2) is 0 Å². The van der Waals surface area contributed by atoms with Crippen LogP contribution in [0.1, 0.15) is 27.1 Å². The molecule has 0 aromatic heterocycles. The third-order valence-corrected chi connectivity index (χ3v) is 4.35. The molecule has 2 amide bonds. The Balaban J connectivity index is 1.94. The smallest absolute Gasteiger partial charge is 0.258 e. The number of halogens is 2. The van der Waals surface area contributed by atoms with Crippen LogP contribution in [0, 0.1) is 0 Å². The maximum Gasteiger partial charge on any atom is 0.258 e. The van der Waals surface area contributed by atoms with Crippen LogP contribution in [-0.4, -0.2) is 37.2 Å². The number of hydrogen-bond donors (Lipinski definition) is 3. The first-order chi connectivity index (χ1) is 13.4. The standard InChI is InChI=1S/C19H19Cl2N3O3S/c1-27-9-3-8-22-17(25)12-4-2-5-14(10-12)23-19(28)24-18(26)15-7-6-13(20)11-16(15)21/h2,4-7,10-11H,3,8-9H2,1H3,(H,22,25)(H2,23,24,26,28). The first kappa shape index (κ1) is 22.1. The van der Waals surface area contributed by atoms with Crippen LogP contribution in [0.25, 0.3) is 0 Å². The molecule has 6 nitrogen and oxygen atoms in total. The maximum absolute atomic E-state index is 12.3. The van der Waals surface area contributed by atoms with E-state index in [4.69, 9.17) is 40.2 Å². The van der Waals surface area contributed by atoms with E-state index in [0.29, 0.717) is 29.4 Å². The SMILES string of the molecule is COCCCNC(=O)c1cccc(NC(=S)NC(=O)c2ccc(Cl)cc2Cl)c1. The summed E-state index contributed by atoms with van der Waals surface area (Å²) in [5.41, 5.74) is 1.29. The quantitative estimate of drug-likeness (QED) is 0.450. The lowest BCUT2D eigenvalue weighted by molar-refractivity contribution is 0.0946. The van der Waals surface area contributed by atoms with Crippen LogP contribution in [0.3, 0.4) is 0 Å². The summed E-state index contributed by atoms with van der Waals surface area (Å²) >= 11 is 17.0. The van der Waals surface area contributed by atoms with E-state index in [1.54, 1.807) is 37.4 Å². The number of benzene rings is 2. The Morgan fingerprint density at radius 2 is 1.89 bits per heavy atom. The summed E-state index contributed by atoms with van der Waals surface area (Å²) in [6.07, 6.45) is 0.726. The van der Waals surface area contributed by atoms with E-state index in [1.165, 1.54) is 12.1 Å². The Morgan fingerprint density at radius 1 is 1.11 bits per heavy atom. The highest BCUT2D eigenvalue weighted by Crippen LogP contribution is 2.20. The molecule has 0 saturated carbocycles. The first-order valence-electron chi connectivity index (χ1n) is 8.35. The van der Waals surface area contributed by atoms with Gasteiger partial charge in [0.05, 0.1) is 10.6 Å². The van der Waals surface area contributed by atoms with Crippen molar-refractivity contribution in [2.75, 3.05) is 25.6 Å². The van der Waals surface area contributed by atoms with Crippen molar-refractivity contribution in [1.82, 2.24) is 10.6 Å². The van der Waals surface area contributed by atoms with Crippen LogP contribution in [0.2, 0.25) is 10.0 Å². The predicted octanol–water partition coefficient (Wildman–Crippen LogP) is 3.89. The zero-order valence-corrected chi connectivity index (χ0v) is 17.4. The fourth-order valence-corrected chi connectivity index (χ4v) is 2.97. The van der Waals surface area contributed by atoms with Crippen molar-refractivity contribution in [3.63, 3.8) is 0 Å². The van der Waals surface area contributed by atoms with Gasteiger partial charge in [0, 0.05) is 36.5 Å². The molecule has 2 rings (SSSR count). The Bertz CT molecular complexity index is 877. The van der Waals surface area contributed by atoms with E-state index < -0.39 is 5.91 Å². The number of methoxy groups -OCH3 is 1. The van der Waals surface area contributed by atoms with E-state index in [0.717, 1.165) is 6.42 Å². The first-order valence-corrected chi connectivity index (χ1v) is 9.51. The van der Waals surface area contributed by atoms with Crippen LogP contribution in [0.15, 0.2) is 42.5 Å². The van der Waals surface area contributed by atoms with Gasteiger partial charge in [-0.2, -0.15) is 0 Å². The number of nitrogens with one attached hydrogen (secondary N) is 3. The molecule has 3 N–H and O–H groups in total. The maximum atomic E-state index is 12.3. The number of ether oxygens (including phenoxy) is 1. The average molecular weight is 440 g/mol. The van der Waals surface area contributed by atoms with Gasteiger partial charge in [-0.15, -0.1) is 0 Å². The fraction of sp³-hybridized carbons (Fsp3) is 0.211. The second kappa shape index (κ2) is 11.0. The van der Waals surface area contributed by atoms with Gasteiger partial charge in [0.1, 0.15) is 0 Å². The van der Waals surface area contributed by atoms with Gasteiger partial charge in [-0.05, 0) is 55.0 Å². The highest BCUT2D eigenvalue weighted by Gasteiger charge is 2.13. The van der Waals surface area contributed by atoms with Crippen molar-refractivity contribution in [3.05, 3.63) is 63.6 Å². The lowest BCUT2D eigenvalue weighted by Gasteiger charge is -2.11. The van der Waals surface area contributed by atoms with Crippen molar-refractivity contribution >= 4 is 58.0 Å². The molecular formula is C19H19Cl2N3O3S. The van der Waals surface area contributed by atoms with Gasteiger partial charge >= 0.3 is 0 Å². The Morgan fingerprint density at radius 3 is 2.61 bits per heavy atom. The normalized spacial score (nSPS) is 10.2. The summed E-state index contributed by atoms with van der Waals surface area (Å²) in [4.78, 5) is 24.4. The minimum atomic E-state index is -0.466. The molecular weight excluding hydrogens is 421 g/mol. The summed E-state index contributed by atoms with van der Waals surface area (Å²) in [6.45, 7) is 1.09. The van der Waals surface area contributed by atoms with E-state index in [1.807, 2.05) is 0 Å². The Labute approximate surface area is 178 Å². The Kier molecular flexibility index (Phi) is 8.66. The zero-order valence-electron chi connectivity index (χ0n) is 15.1. The van der Waals surface area contributed by atoms with Crippen LogP contribution in [0.5, 0.6) is 0 Å². The number of thiocarbonyl (C=S) groups is 1. The number of carbonyl (C=O) groups excluding carboxylic acids is 2. The molecule has 148 valence electrons. The van der Waals surface area contributed by atoms with Crippen LogP contribution < -0.4 is 16.0 Å².